The summed E-state index contributed by atoms with van der Waals surface area (Å²) >= 11 is 0. The van der Waals surface area contributed by atoms with Crippen molar-refractivity contribution in [2.45, 2.75) is 158 Å². The van der Waals surface area contributed by atoms with Crippen LogP contribution in [0.25, 0.3) is 0 Å². The van der Waals surface area contributed by atoms with Gasteiger partial charge < -0.3 is 118 Å². The van der Waals surface area contributed by atoms with E-state index in [-0.39, 0.29) is 138 Å². The average Bonchev–Trinajstić information content (AvgIpc) is 1.62. The number of ketones is 1. The Hall–Kier alpha value is -8.74. The number of benzene rings is 4. The fourth-order valence-electron chi connectivity index (χ4n) is 13.0. The molecule has 32 heteroatoms. The molecule has 4 fully saturated rings. The third kappa shape index (κ3) is 16.8. The molecule has 0 spiro atoms. The van der Waals surface area contributed by atoms with Crippen molar-refractivity contribution in [2.75, 3.05) is 83.8 Å². The Bertz CT molecular complexity index is 3810. The molecule has 32 nitrogen and oxygen atoms in total. The molecule has 103 heavy (non-hydrogen) atoms. The van der Waals surface area contributed by atoms with Gasteiger partial charge in [0.25, 0.3) is 17.7 Å². The van der Waals surface area contributed by atoms with Crippen LogP contribution in [0.5, 0.6) is 34.5 Å². The summed E-state index contributed by atoms with van der Waals surface area (Å²) < 4.78 is 63.6. The van der Waals surface area contributed by atoms with Gasteiger partial charge in [0.1, 0.15) is 73.5 Å². The summed E-state index contributed by atoms with van der Waals surface area (Å²) in [6.07, 6.45) is -20.3. The van der Waals surface area contributed by atoms with Crippen LogP contribution in [0.2, 0.25) is 0 Å². The van der Waals surface area contributed by atoms with Gasteiger partial charge in [-0.3, -0.25) is 19.2 Å². The van der Waals surface area contributed by atoms with Gasteiger partial charge in [-0.2, -0.15) is 0 Å². The van der Waals surface area contributed by atoms with E-state index in [1.165, 1.54) is 91.8 Å². The highest BCUT2D eigenvalue weighted by Crippen LogP contribution is 2.45. The number of rotatable bonds is 26. The number of nitrogens with one attached hydrogen (secondary N) is 1. The number of methoxy groups -OCH3 is 3. The first-order chi connectivity index (χ1) is 49.1. The number of hydrogen-bond acceptors (Lipinski definition) is 27. The molecule has 4 aromatic rings. The number of hydrogen-bond donors (Lipinski definition) is 11. The predicted octanol–water partition coefficient (Wildman–Crippen LogP) is 2.18. The summed E-state index contributed by atoms with van der Waals surface area (Å²) in [4.78, 5) is 90.2. The van der Waals surface area contributed by atoms with Crippen LogP contribution >= 0.6 is 0 Å². The molecular formula is C71H89N5O27. The largest absolute Gasteiger partial charge is 0.493 e. The fraction of sp³-hybridized carbons (Fsp3) is 0.521. The van der Waals surface area contributed by atoms with E-state index < -0.39 is 153 Å². The molecule has 0 radical (unpaired) electrons. The minimum atomic E-state index is -1.81. The number of nitrogens with zero attached hydrogens (tertiary/aromatic N) is 4. The lowest BCUT2D eigenvalue weighted by atomic mass is 9.87. The Morgan fingerprint density at radius 2 is 0.990 bits per heavy atom. The van der Waals surface area contributed by atoms with Crippen molar-refractivity contribution in [1.82, 2.24) is 15.1 Å². The first-order valence-electron chi connectivity index (χ1n) is 33.5. The zero-order valence-electron chi connectivity index (χ0n) is 57.8. The molecule has 4 saturated heterocycles. The first kappa shape index (κ1) is 76.9. The third-order valence-electron chi connectivity index (χ3n) is 18.4. The standard InChI is InChI=1S/C71H89N5O27/c1-35-20-45-65(89)75(69(91)98-33-37-12-14-48(41(22-37)47(79)28-71(3,4)5)100-67-60(84)58(82)56(80)54(31-77)102-67)43-26-52(50(94-7)24-39(43)63(87)73(45)29-35)96-17-10-9-11-18-97-53-27-44-40(25-51(53)95-8)64(88)74-30-36(2)21-46(74)66(90)76(44)70(92)99-34-38-13-15-49(42(23-38)62(86)72-16-19-93-6)101-68-61(85)59(83)57(81)55(32-78)103-68/h12-15,22-27,45-46,54-61,65-68,77-78,80-85,89-90H,1-2,9-11,16-21,28-34H2,3-8H3,(H,72,86)/t45-,46-,54+,55+,56+,57+,58-,59-,60+,61+,65?,66?,67+,68+/m0/s1. The quantitative estimate of drug-likeness (QED) is 0.0244. The Kier molecular flexibility index (Phi) is 24.6. The molecule has 14 atom stereocenters. The summed E-state index contributed by atoms with van der Waals surface area (Å²) in [5.41, 5.74) is 0.881. The van der Waals surface area contributed by atoms with E-state index in [2.05, 4.69) is 18.5 Å². The minimum Gasteiger partial charge on any atom is -0.493 e. The van der Waals surface area contributed by atoms with Gasteiger partial charge in [0.15, 0.2) is 41.2 Å². The summed E-state index contributed by atoms with van der Waals surface area (Å²) in [6, 6.07) is 12.0. The average molecular weight is 1440 g/mol. The van der Waals surface area contributed by atoms with Gasteiger partial charge in [-0.1, -0.05) is 57.2 Å². The van der Waals surface area contributed by atoms with Crippen LogP contribution in [0.4, 0.5) is 21.0 Å². The lowest BCUT2D eigenvalue weighted by molar-refractivity contribution is -0.277. The number of fused-ring (bicyclic) bond motifs is 4. The number of aliphatic hydroxyl groups is 10. The van der Waals surface area contributed by atoms with E-state index in [4.69, 9.17) is 52.1 Å². The zero-order valence-corrected chi connectivity index (χ0v) is 57.8. The maximum atomic E-state index is 14.6. The van der Waals surface area contributed by atoms with Crippen LogP contribution in [-0.4, -0.2) is 257 Å². The van der Waals surface area contributed by atoms with Crippen molar-refractivity contribution in [1.29, 1.82) is 0 Å². The molecule has 11 N–H and O–H groups in total. The first-order valence-corrected chi connectivity index (χ1v) is 33.5. The maximum absolute atomic E-state index is 14.6. The van der Waals surface area contributed by atoms with Gasteiger partial charge in [0.2, 0.25) is 12.6 Å². The Morgan fingerprint density at radius 3 is 1.41 bits per heavy atom. The van der Waals surface area contributed by atoms with Crippen molar-refractivity contribution in [2.24, 2.45) is 5.41 Å². The second kappa shape index (κ2) is 32.9. The molecular weight excluding hydrogens is 1350 g/mol. The predicted molar refractivity (Wildman–Crippen MR) is 360 cm³/mol. The molecule has 4 aromatic carbocycles. The summed E-state index contributed by atoms with van der Waals surface area (Å²) in [5, 5.41) is 109. The van der Waals surface area contributed by atoms with Crippen molar-refractivity contribution < 1.29 is 132 Å². The van der Waals surface area contributed by atoms with E-state index in [9.17, 15) is 79.8 Å². The van der Waals surface area contributed by atoms with Gasteiger partial charge in [-0.25, -0.2) is 19.4 Å². The second-order valence-corrected chi connectivity index (χ2v) is 27.1. The molecule has 5 amide bonds. The lowest BCUT2D eigenvalue weighted by Crippen LogP contribution is -2.60. The van der Waals surface area contributed by atoms with Gasteiger partial charge >= 0.3 is 12.2 Å². The minimum absolute atomic E-state index is 0.00514. The molecule has 0 aromatic heterocycles. The highest BCUT2D eigenvalue weighted by atomic mass is 16.7. The van der Waals surface area contributed by atoms with E-state index in [0.29, 0.717) is 30.4 Å². The molecule has 10 rings (SSSR count). The molecule has 0 aliphatic carbocycles. The molecule has 0 saturated carbocycles. The molecule has 2 unspecified atom stereocenters. The van der Waals surface area contributed by atoms with E-state index in [0.717, 1.165) is 9.80 Å². The van der Waals surface area contributed by atoms with Crippen LogP contribution in [0, 0.1) is 5.41 Å². The van der Waals surface area contributed by atoms with Crippen molar-refractivity contribution in [3.8, 4) is 34.5 Å². The Morgan fingerprint density at radius 1 is 0.553 bits per heavy atom. The van der Waals surface area contributed by atoms with E-state index >= 15 is 0 Å². The van der Waals surface area contributed by atoms with Gasteiger partial charge in [0, 0.05) is 45.3 Å². The number of Topliss-reactive ketones (excluding diaryl/α,β-unsaturated/α-hetero) is 1. The van der Waals surface area contributed by atoms with Crippen molar-refractivity contribution in [3.63, 3.8) is 0 Å². The van der Waals surface area contributed by atoms with Crippen LogP contribution in [0.15, 0.2) is 85.0 Å². The van der Waals surface area contributed by atoms with Crippen molar-refractivity contribution in [3.05, 3.63) is 118 Å². The number of aliphatic hydroxyl groups excluding tert-OH is 10. The highest BCUT2D eigenvalue weighted by molar-refractivity contribution is 6.07. The molecule has 6 aliphatic rings. The topological polar surface area (TPSA) is 431 Å². The monoisotopic (exact) mass is 1440 g/mol. The third-order valence-corrected chi connectivity index (χ3v) is 18.4. The molecule has 6 heterocycles. The molecule has 6 aliphatic heterocycles. The number of carbonyl (C=O) groups is 6. The summed E-state index contributed by atoms with van der Waals surface area (Å²) in [5.74, 6) is -1.99. The normalized spacial score (nSPS) is 26.1. The van der Waals surface area contributed by atoms with Crippen molar-refractivity contribution >= 4 is 47.1 Å². The highest BCUT2D eigenvalue weighted by Gasteiger charge is 2.50. The molecule has 0 bridgehead atoms. The Balaban J connectivity index is 0.823. The fourth-order valence-corrected chi connectivity index (χ4v) is 13.0. The zero-order chi connectivity index (χ0) is 74.5. The second-order valence-electron chi connectivity index (χ2n) is 27.1. The smallest absolute Gasteiger partial charge is 0.416 e. The van der Waals surface area contributed by atoms with Crippen LogP contribution in [-0.2, 0) is 36.9 Å². The number of unbranched alkanes of at least 4 members (excludes halogenated alkanes) is 2. The van der Waals surface area contributed by atoms with Gasteiger partial charge in [-0.15, -0.1) is 0 Å². The number of amides is 5. The summed E-state index contributed by atoms with van der Waals surface area (Å²) in [6.45, 7) is 11.6. The number of carbonyl (C=O) groups excluding carboxylic acids is 6. The van der Waals surface area contributed by atoms with Crippen LogP contribution in [0.3, 0.4) is 0 Å². The maximum Gasteiger partial charge on any atom is 0.416 e. The van der Waals surface area contributed by atoms with E-state index in [1.54, 1.807) is 0 Å². The van der Waals surface area contributed by atoms with Crippen LogP contribution in [0.1, 0.15) is 112 Å². The number of anilines is 2. The summed E-state index contributed by atoms with van der Waals surface area (Å²) in [7, 11) is 4.17. The SMILES string of the molecule is C=C1C[C@H]2C(O)N(C(=O)OCc3ccc(O[C@@H]4O[C@H](CO)[C@@H](O)[C@H](O)[C@H]4O)c(C(=O)CC(C)(C)C)c3)c3cc(OCCCCCOc4cc5c(cc4OC)C(=O)N4CC(=C)C[C@H]4C(O)N5C(=O)OCc4ccc(O[C@@H]5O[C@H](CO)[C@@H](O)[C@H](O)[C@H]5O)c(C(=O)NCCOC)c4)c(OC)cc3C(=O)N2C1. The van der Waals surface area contributed by atoms with Gasteiger partial charge in [0.05, 0.1) is 93.0 Å². The van der Waals surface area contributed by atoms with E-state index in [1.807, 2.05) is 20.8 Å². The van der Waals surface area contributed by atoms with Gasteiger partial charge in [-0.05, 0) is 85.0 Å². The number of ether oxygens (including phenoxy) is 11. The molecule has 560 valence electrons. The Labute approximate surface area is 592 Å². The lowest BCUT2D eigenvalue weighted by Gasteiger charge is -2.39. The van der Waals surface area contributed by atoms with Crippen LogP contribution < -0.4 is 43.5 Å².